The first kappa shape index (κ1) is 16.0. The Hall–Kier alpha value is -2.05. The smallest absolute Gasteiger partial charge is 0.314 e. The summed E-state index contributed by atoms with van der Waals surface area (Å²) in [6.07, 6.45) is 2.48. The van der Waals surface area contributed by atoms with Crippen molar-refractivity contribution in [2.24, 2.45) is 18.9 Å². The number of nitrogens with one attached hydrogen (secondary N) is 2. The van der Waals surface area contributed by atoms with Crippen molar-refractivity contribution in [2.45, 2.75) is 20.3 Å². The van der Waals surface area contributed by atoms with Crippen LogP contribution in [-0.4, -0.2) is 40.0 Å². The molecule has 3 N–H and O–H groups in total. The van der Waals surface area contributed by atoms with E-state index in [0.29, 0.717) is 13.0 Å². The van der Waals surface area contributed by atoms with Crippen LogP contribution in [0.3, 0.4) is 0 Å². The second-order valence-corrected chi connectivity index (χ2v) is 5.06. The van der Waals surface area contributed by atoms with Crippen LogP contribution >= 0.6 is 0 Å². The van der Waals surface area contributed by atoms with E-state index in [1.54, 1.807) is 4.68 Å². The van der Waals surface area contributed by atoms with Gasteiger partial charge in [0.25, 0.3) is 0 Å². The molecule has 0 aromatic carbocycles. The van der Waals surface area contributed by atoms with Crippen LogP contribution in [0, 0.1) is 11.8 Å². The normalized spacial score (nSPS) is 12.2. The van der Waals surface area contributed by atoms with Crippen molar-refractivity contribution in [3.63, 3.8) is 0 Å². The summed E-state index contributed by atoms with van der Waals surface area (Å²) in [4.78, 5) is 22.5. The molecule has 1 aromatic heterocycles. The third-order valence-electron chi connectivity index (χ3n) is 3.04. The molecule has 0 aliphatic heterocycles. The fourth-order valence-corrected chi connectivity index (χ4v) is 1.77. The number of carbonyl (C=O) groups is 2. The Balaban J connectivity index is 2.24. The topological polar surface area (TPSA) is 96.3 Å². The van der Waals surface area contributed by atoms with Gasteiger partial charge in [-0.2, -0.15) is 5.10 Å². The molecular weight excluding hydrogens is 260 g/mol. The number of rotatable bonds is 7. The van der Waals surface area contributed by atoms with E-state index in [-0.39, 0.29) is 18.5 Å². The van der Waals surface area contributed by atoms with Crippen LogP contribution in [0.25, 0.3) is 0 Å². The maximum Gasteiger partial charge on any atom is 0.314 e. The highest BCUT2D eigenvalue weighted by atomic mass is 16.4. The maximum atomic E-state index is 11.5. The standard InChI is InChI=1S/C13H22N4O3/c1-9(2)11(12(18)19)8-15-13(20)14-6-4-10-5-7-17(3)16-10/h5,7,9,11H,4,6,8H2,1-3H3,(H,18,19)(H2,14,15,20). The summed E-state index contributed by atoms with van der Waals surface area (Å²) in [7, 11) is 1.83. The summed E-state index contributed by atoms with van der Waals surface area (Å²) in [6.45, 7) is 4.23. The molecule has 1 unspecified atom stereocenters. The Bertz CT molecular complexity index is 456. The van der Waals surface area contributed by atoms with Gasteiger partial charge in [-0.05, 0) is 12.0 Å². The van der Waals surface area contributed by atoms with Crippen LogP contribution in [0.15, 0.2) is 12.3 Å². The largest absolute Gasteiger partial charge is 0.481 e. The van der Waals surface area contributed by atoms with Gasteiger partial charge in [0.1, 0.15) is 0 Å². The predicted octanol–water partition coefficient (Wildman–Crippen LogP) is 0.619. The molecular formula is C13H22N4O3. The fraction of sp³-hybridized carbons (Fsp3) is 0.615. The lowest BCUT2D eigenvalue weighted by Gasteiger charge is -2.16. The van der Waals surface area contributed by atoms with Gasteiger partial charge in [0.2, 0.25) is 0 Å². The van der Waals surface area contributed by atoms with Crippen molar-refractivity contribution in [3.05, 3.63) is 18.0 Å². The minimum absolute atomic E-state index is 0.0266. The van der Waals surface area contributed by atoms with Gasteiger partial charge in [-0.3, -0.25) is 9.48 Å². The number of urea groups is 1. The molecule has 2 amide bonds. The van der Waals surface area contributed by atoms with E-state index in [4.69, 9.17) is 5.11 Å². The molecule has 0 aliphatic carbocycles. The molecule has 0 aliphatic rings. The second-order valence-electron chi connectivity index (χ2n) is 5.06. The SMILES string of the molecule is CC(C)C(CNC(=O)NCCc1ccn(C)n1)C(=O)O. The average Bonchev–Trinajstić information content (AvgIpc) is 2.74. The van der Waals surface area contributed by atoms with Crippen molar-refractivity contribution >= 4 is 12.0 Å². The lowest BCUT2D eigenvalue weighted by atomic mass is 9.96. The Morgan fingerprint density at radius 3 is 2.60 bits per heavy atom. The van der Waals surface area contributed by atoms with Gasteiger partial charge in [0.05, 0.1) is 11.6 Å². The highest BCUT2D eigenvalue weighted by Crippen LogP contribution is 2.09. The van der Waals surface area contributed by atoms with Crippen LogP contribution in [-0.2, 0) is 18.3 Å². The number of amides is 2. The van der Waals surface area contributed by atoms with Gasteiger partial charge in [-0.1, -0.05) is 13.8 Å². The molecule has 0 saturated carbocycles. The van der Waals surface area contributed by atoms with E-state index < -0.39 is 11.9 Å². The number of hydrogen-bond donors (Lipinski definition) is 3. The zero-order valence-corrected chi connectivity index (χ0v) is 12.1. The number of carboxylic acids is 1. The average molecular weight is 282 g/mol. The van der Waals surface area contributed by atoms with Crippen LogP contribution in [0.5, 0.6) is 0 Å². The summed E-state index contributed by atoms with van der Waals surface area (Å²) < 4.78 is 1.70. The van der Waals surface area contributed by atoms with Crippen LogP contribution in [0.1, 0.15) is 19.5 Å². The first-order chi connectivity index (χ1) is 9.40. The summed E-state index contributed by atoms with van der Waals surface area (Å²) in [5.41, 5.74) is 0.901. The van der Waals surface area contributed by atoms with E-state index in [2.05, 4.69) is 15.7 Å². The van der Waals surface area contributed by atoms with Crippen molar-refractivity contribution in [1.29, 1.82) is 0 Å². The van der Waals surface area contributed by atoms with Crippen molar-refractivity contribution < 1.29 is 14.7 Å². The number of aryl methyl sites for hydroxylation is 1. The quantitative estimate of drug-likeness (QED) is 0.683. The third kappa shape index (κ3) is 5.29. The van der Waals surface area contributed by atoms with Gasteiger partial charge in [-0.25, -0.2) is 4.79 Å². The predicted molar refractivity (Wildman–Crippen MR) is 74.3 cm³/mol. The zero-order valence-electron chi connectivity index (χ0n) is 12.1. The van der Waals surface area contributed by atoms with E-state index in [1.807, 2.05) is 33.2 Å². The molecule has 0 bridgehead atoms. The summed E-state index contributed by atoms with van der Waals surface area (Å²) in [6, 6.07) is 1.53. The van der Waals surface area contributed by atoms with Crippen LogP contribution < -0.4 is 10.6 Å². The molecule has 0 radical (unpaired) electrons. The minimum atomic E-state index is -0.895. The third-order valence-corrected chi connectivity index (χ3v) is 3.04. The van der Waals surface area contributed by atoms with Gasteiger partial charge in [0.15, 0.2) is 0 Å². The summed E-state index contributed by atoms with van der Waals surface area (Å²) in [5, 5.41) is 18.5. The van der Waals surface area contributed by atoms with E-state index in [1.165, 1.54) is 0 Å². The van der Waals surface area contributed by atoms with E-state index in [0.717, 1.165) is 5.69 Å². The molecule has 0 fully saturated rings. The van der Waals surface area contributed by atoms with Gasteiger partial charge in [-0.15, -0.1) is 0 Å². The molecule has 7 heteroatoms. The highest BCUT2D eigenvalue weighted by molar-refractivity contribution is 5.75. The zero-order chi connectivity index (χ0) is 15.1. The Morgan fingerprint density at radius 2 is 2.10 bits per heavy atom. The summed E-state index contributed by atoms with van der Waals surface area (Å²) in [5.74, 6) is -1.49. The van der Waals surface area contributed by atoms with Crippen molar-refractivity contribution in [3.8, 4) is 0 Å². The van der Waals surface area contributed by atoms with Crippen LogP contribution in [0.2, 0.25) is 0 Å². The fourth-order valence-electron chi connectivity index (χ4n) is 1.77. The van der Waals surface area contributed by atoms with Crippen LogP contribution in [0.4, 0.5) is 4.79 Å². The molecule has 0 spiro atoms. The molecule has 7 nitrogen and oxygen atoms in total. The summed E-state index contributed by atoms with van der Waals surface area (Å²) >= 11 is 0. The number of carbonyl (C=O) groups excluding carboxylic acids is 1. The molecule has 20 heavy (non-hydrogen) atoms. The number of aromatic nitrogens is 2. The molecule has 1 aromatic rings. The number of aliphatic carboxylic acids is 1. The molecule has 1 atom stereocenters. The minimum Gasteiger partial charge on any atom is -0.481 e. The first-order valence-corrected chi connectivity index (χ1v) is 6.63. The lowest BCUT2D eigenvalue weighted by molar-refractivity contribution is -0.142. The molecule has 1 rings (SSSR count). The van der Waals surface area contributed by atoms with Gasteiger partial charge < -0.3 is 15.7 Å². The molecule has 112 valence electrons. The van der Waals surface area contributed by atoms with E-state index in [9.17, 15) is 9.59 Å². The number of nitrogens with zero attached hydrogens (tertiary/aromatic N) is 2. The van der Waals surface area contributed by atoms with Gasteiger partial charge >= 0.3 is 12.0 Å². The number of carboxylic acid groups (broad SMARTS) is 1. The van der Waals surface area contributed by atoms with Crippen molar-refractivity contribution in [1.82, 2.24) is 20.4 Å². The Labute approximate surface area is 118 Å². The van der Waals surface area contributed by atoms with Gasteiger partial charge in [0, 0.05) is 32.8 Å². The van der Waals surface area contributed by atoms with Crippen molar-refractivity contribution in [2.75, 3.05) is 13.1 Å². The highest BCUT2D eigenvalue weighted by Gasteiger charge is 2.21. The molecule has 0 saturated heterocycles. The van der Waals surface area contributed by atoms with E-state index >= 15 is 0 Å². The Morgan fingerprint density at radius 1 is 1.40 bits per heavy atom. The molecule has 1 heterocycles. The maximum absolute atomic E-state index is 11.5. The number of hydrogen-bond acceptors (Lipinski definition) is 3. The first-order valence-electron chi connectivity index (χ1n) is 6.63. The second kappa shape index (κ2) is 7.52. The Kier molecular flexibility index (Phi) is 6.02. The monoisotopic (exact) mass is 282 g/mol. The lowest BCUT2D eigenvalue weighted by Crippen LogP contribution is -2.41.